The fourth-order valence-electron chi connectivity index (χ4n) is 1.28. The van der Waals surface area contributed by atoms with E-state index in [1.54, 1.807) is 18.2 Å². The van der Waals surface area contributed by atoms with E-state index in [-0.39, 0.29) is 11.5 Å². The highest BCUT2D eigenvalue weighted by Crippen LogP contribution is 2.27. The SMILES string of the molecule is CCCS(=O)(=O)Cc1cccc(Br)c1Cl. The van der Waals surface area contributed by atoms with Crippen LogP contribution in [-0.2, 0) is 15.6 Å². The number of hydrogen-bond acceptors (Lipinski definition) is 2. The highest BCUT2D eigenvalue weighted by Gasteiger charge is 2.13. The van der Waals surface area contributed by atoms with E-state index in [1.165, 1.54) is 0 Å². The zero-order valence-electron chi connectivity index (χ0n) is 8.33. The Morgan fingerprint density at radius 2 is 2.07 bits per heavy atom. The summed E-state index contributed by atoms with van der Waals surface area (Å²) in [5, 5.41) is 0.483. The summed E-state index contributed by atoms with van der Waals surface area (Å²) in [6.07, 6.45) is 0.633. The molecule has 0 unspecified atom stereocenters. The van der Waals surface area contributed by atoms with Crippen molar-refractivity contribution in [2.24, 2.45) is 0 Å². The van der Waals surface area contributed by atoms with Gasteiger partial charge in [0.05, 0.1) is 16.5 Å². The zero-order chi connectivity index (χ0) is 11.5. The Morgan fingerprint density at radius 3 is 2.67 bits per heavy atom. The van der Waals surface area contributed by atoms with Crippen molar-refractivity contribution in [1.29, 1.82) is 0 Å². The van der Waals surface area contributed by atoms with E-state index in [0.717, 1.165) is 4.47 Å². The average molecular weight is 312 g/mol. The molecule has 0 N–H and O–H groups in total. The predicted molar refractivity (Wildman–Crippen MR) is 66.9 cm³/mol. The summed E-state index contributed by atoms with van der Waals surface area (Å²) in [5.74, 6) is 0.217. The van der Waals surface area contributed by atoms with Crippen LogP contribution in [0.1, 0.15) is 18.9 Å². The molecule has 0 saturated carbocycles. The summed E-state index contributed by atoms with van der Waals surface area (Å²) in [4.78, 5) is 0. The molecule has 15 heavy (non-hydrogen) atoms. The van der Waals surface area contributed by atoms with Crippen LogP contribution in [0, 0.1) is 0 Å². The fraction of sp³-hybridized carbons (Fsp3) is 0.400. The van der Waals surface area contributed by atoms with Gasteiger partial charge in [0, 0.05) is 4.47 Å². The van der Waals surface area contributed by atoms with Gasteiger partial charge in [0.1, 0.15) is 0 Å². The fourth-order valence-corrected chi connectivity index (χ4v) is 3.44. The molecular formula is C10H12BrClO2S. The van der Waals surface area contributed by atoms with Gasteiger partial charge in [0.2, 0.25) is 0 Å². The second-order valence-electron chi connectivity index (χ2n) is 3.30. The van der Waals surface area contributed by atoms with E-state index < -0.39 is 9.84 Å². The number of rotatable bonds is 4. The normalized spacial score (nSPS) is 11.7. The first-order chi connectivity index (χ1) is 6.96. The van der Waals surface area contributed by atoms with Gasteiger partial charge in [0.15, 0.2) is 9.84 Å². The van der Waals surface area contributed by atoms with Gasteiger partial charge in [-0.2, -0.15) is 0 Å². The summed E-state index contributed by atoms with van der Waals surface area (Å²) in [7, 11) is -3.03. The van der Waals surface area contributed by atoms with Gasteiger partial charge < -0.3 is 0 Å². The molecule has 0 saturated heterocycles. The van der Waals surface area contributed by atoms with Crippen LogP contribution in [-0.4, -0.2) is 14.2 Å². The van der Waals surface area contributed by atoms with Crippen LogP contribution in [0.3, 0.4) is 0 Å². The highest BCUT2D eigenvalue weighted by molar-refractivity contribution is 9.10. The molecule has 0 aliphatic heterocycles. The Kier molecular flexibility index (Phi) is 4.62. The topological polar surface area (TPSA) is 34.1 Å². The number of hydrogen-bond donors (Lipinski definition) is 0. The summed E-state index contributed by atoms with van der Waals surface area (Å²) in [5.41, 5.74) is 0.652. The lowest BCUT2D eigenvalue weighted by molar-refractivity contribution is 0.594. The van der Waals surface area contributed by atoms with Crippen molar-refractivity contribution in [1.82, 2.24) is 0 Å². The van der Waals surface area contributed by atoms with Crippen molar-refractivity contribution in [3.8, 4) is 0 Å². The molecule has 1 aromatic rings. The first-order valence-corrected chi connectivity index (χ1v) is 7.59. The molecule has 0 spiro atoms. The van der Waals surface area contributed by atoms with Crippen LogP contribution in [0.4, 0.5) is 0 Å². The van der Waals surface area contributed by atoms with Gasteiger partial charge in [-0.15, -0.1) is 0 Å². The van der Waals surface area contributed by atoms with E-state index >= 15 is 0 Å². The minimum atomic E-state index is -3.03. The van der Waals surface area contributed by atoms with Crippen molar-refractivity contribution >= 4 is 37.4 Å². The van der Waals surface area contributed by atoms with Crippen molar-refractivity contribution in [3.05, 3.63) is 33.3 Å². The molecular weight excluding hydrogens is 300 g/mol. The van der Waals surface area contributed by atoms with Crippen LogP contribution in [0.5, 0.6) is 0 Å². The maximum Gasteiger partial charge on any atom is 0.154 e. The smallest absolute Gasteiger partial charge is 0.154 e. The summed E-state index contributed by atoms with van der Waals surface area (Å²) >= 11 is 9.25. The third-order valence-electron chi connectivity index (χ3n) is 1.92. The van der Waals surface area contributed by atoms with Crippen LogP contribution in [0.25, 0.3) is 0 Å². The summed E-state index contributed by atoms with van der Waals surface area (Å²) < 4.78 is 23.9. The van der Waals surface area contributed by atoms with Crippen molar-refractivity contribution in [3.63, 3.8) is 0 Å². The highest BCUT2D eigenvalue weighted by atomic mass is 79.9. The van der Waals surface area contributed by atoms with Gasteiger partial charge in [-0.25, -0.2) is 8.42 Å². The molecule has 5 heteroatoms. The van der Waals surface area contributed by atoms with E-state index in [2.05, 4.69) is 15.9 Å². The molecule has 2 nitrogen and oxygen atoms in total. The summed E-state index contributed by atoms with van der Waals surface area (Å²) in [6.45, 7) is 1.85. The molecule has 1 rings (SSSR count). The number of benzene rings is 1. The Labute approximate surface area is 104 Å². The molecule has 0 amide bonds. The van der Waals surface area contributed by atoms with E-state index in [1.807, 2.05) is 6.92 Å². The Bertz CT molecular complexity index is 443. The Morgan fingerprint density at radius 1 is 1.40 bits per heavy atom. The van der Waals surface area contributed by atoms with Crippen LogP contribution >= 0.6 is 27.5 Å². The minimum Gasteiger partial charge on any atom is -0.228 e. The molecule has 0 atom stereocenters. The molecule has 0 fully saturated rings. The van der Waals surface area contributed by atoms with E-state index in [9.17, 15) is 8.42 Å². The van der Waals surface area contributed by atoms with Gasteiger partial charge >= 0.3 is 0 Å². The third kappa shape index (κ3) is 3.78. The molecule has 0 aliphatic rings. The second kappa shape index (κ2) is 5.32. The van der Waals surface area contributed by atoms with Crippen molar-refractivity contribution in [2.45, 2.75) is 19.1 Å². The van der Waals surface area contributed by atoms with Crippen LogP contribution in [0.15, 0.2) is 22.7 Å². The number of halogens is 2. The lowest BCUT2D eigenvalue weighted by atomic mass is 10.2. The van der Waals surface area contributed by atoms with Gasteiger partial charge in [-0.1, -0.05) is 30.7 Å². The molecule has 0 heterocycles. The molecule has 1 aromatic carbocycles. The van der Waals surface area contributed by atoms with Crippen molar-refractivity contribution < 1.29 is 8.42 Å². The molecule has 0 aromatic heterocycles. The first-order valence-electron chi connectivity index (χ1n) is 4.59. The molecule has 0 radical (unpaired) electrons. The van der Waals surface area contributed by atoms with Gasteiger partial charge in [-0.05, 0) is 34.0 Å². The predicted octanol–water partition coefficient (Wildman–Crippen LogP) is 3.43. The first kappa shape index (κ1) is 13.0. The van der Waals surface area contributed by atoms with Crippen LogP contribution < -0.4 is 0 Å². The third-order valence-corrected chi connectivity index (χ3v) is 5.04. The lowest BCUT2D eigenvalue weighted by Crippen LogP contribution is -2.08. The monoisotopic (exact) mass is 310 g/mol. The minimum absolute atomic E-state index is 0.0130. The Balaban J connectivity index is 2.95. The van der Waals surface area contributed by atoms with Gasteiger partial charge in [-0.3, -0.25) is 0 Å². The van der Waals surface area contributed by atoms with Crippen molar-refractivity contribution in [2.75, 3.05) is 5.75 Å². The quantitative estimate of drug-likeness (QED) is 0.854. The number of sulfone groups is 1. The zero-order valence-corrected chi connectivity index (χ0v) is 11.5. The lowest BCUT2D eigenvalue weighted by Gasteiger charge is -2.06. The standard InChI is InChI=1S/C10H12BrClO2S/c1-2-6-15(13,14)7-8-4-3-5-9(11)10(8)12/h3-5H,2,6-7H2,1H3. The van der Waals surface area contributed by atoms with E-state index in [4.69, 9.17) is 11.6 Å². The van der Waals surface area contributed by atoms with Crippen LogP contribution in [0.2, 0.25) is 5.02 Å². The Hall–Kier alpha value is -0.0600. The molecule has 84 valence electrons. The van der Waals surface area contributed by atoms with E-state index in [0.29, 0.717) is 17.0 Å². The summed E-state index contributed by atoms with van der Waals surface area (Å²) in [6, 6.07) is 5.31. The second-order valence-corrected chi connectivity index (χ2v) is 6.72. The largest absolute Gasteiger partial charge is 0.228 e. The average Bonchev–Trinajstić information content (AvgIpc) is 2.12. The molecule has 0 aliphatic carbocycles. The molecule has 0 bridgehead atoms. The maximum atomic E-state index is 11.6. The maximum absolute atomic E-state index is 11.6. The van der Waals surface area contributed by atoms with Gasteiger partial charge in [0.25, 0.3) is 0 Å².